The van der Waals surface area contributed by atoms with E-state index in [1.807, 2.05) is 43.4 Å². The molecule has 1 heterocycles. The number of likely N-dealkylation sites (N-methyl/N-ethyl adjacent to an activating group) is 1. The van der Waals surface area contributed by atoms with Gasteiger partial charge in [-0.2, -0.15) is 0 Å². The van der Waals surface area contributed by atoms with Gasteiger partial charge in [0.15, 0.2) is 0 Å². The lowest BCUT2D eigenvalue weighted by atomic mass is 9.96. The maximum atomic E-state index is 12.4. The van der Waals surface area contributed by atoms with Gasteiger partial charge >= 0.3 is 0 Å². The highest BCUT2D eigenvalue weighted by Crippen LogP contribution is 2.29. The third-order valence-electron chi connectivity index (χ3n) is 3.87. The van der Waals surface area contributed by atoms with E-state index in [4.69, 9.17) is 0 Å². The fraction of sp³-hybridized carbons (Fsp3) is 0.235. The summed E-state index contributed by atoms with van der Waals surface area (Å²) in [7, 11) is 1.99. The van der Waals surface area contributed by atoms with Crippen LogP contribution in [0.1, 0.15) is 12.0 Å². The first-order chi connectivity index (χ1) is 9.75. The number of rotatable bonds is 2. The van der Waals surface area contributed by atoms with Crippen LogP contribution in [0.2, 0.25) is 0 Å². The third kappa shape index (κ3) is 2.39. The van der Waals surface area contributed by atoms with Gasteiger partial charge in [-0.1, -0.05) is 36.4 Å². The SMILES string of the molecule is CN1c2ccccc2CCC1C(=O)Nc1ccccc1. The van der Waals surface area contributed by atoms with Crippen molar-refractivity contribution in [1.29, 1.82) is 0 Å². The molecule has 0 radical (unpaired) electrons. The zero-order valence-electron chi connectivity index (χ0n) is 11.5. The molecule has 0 saturated carbocycles. The molecule has 3 rings (SSSR count). The fourth-order valence-corrected chi connectivity index (χ4v) is 2.77. The molecule has 1 unspecified atom stereocenters. The lowest BCUT2D eigenvalue weighted by Gasteiger charge is -2.35. The van der Waals surface area contributed by atoms with Crippen molar-refractivity contribution in [1.82, 2.24) is 0 Å². The Hall–Kier alpha value is -2.29. The van der Waals surface area contributed by atoms with Crippen molar-refractivity contribution in [2.75, 3.05) is 17.3 Å². The molecular formula is C17H18N2O. The van der Waals surface area contributed by atoms with E-state index in [1.165, 1.54) is 5.56 Å². The Morgan fingerprint density at radius 2 is 1.80 bits per heavy atom. The highest BCUT2D eigenvalue weighted by atomic mass is 16.2. The number of nitrogens with zero attached hydrogens (tertiary/aromatic N) is 1. The summed E-state index contributed by atoms with van der Waals surface area (Å²) in [5, 5.41) is 2.99. The summed E-state index contributed by atoms with van der Waals surface area (Å²) in [6, 6.07) is 17.8. The highest BCUT2D eigenvalue weighted by molar-refractivity contribution is 5.97. The summed E-state index contributed by atoms with van der Waals surface area (Å²) in [6.07, 6.45) is 1.81. The van der Waals surface area contributed by atoms with Gasteiger partial charge in [-0.25, -0.2) is 0 Å². The van der Waals surface area contributed by atoms with Crippen molar-refractivity contribution in [2.24, 2.45) is 0 Å². The molecule has 1 aliphatic rings. The summed E-state index contributed by atoms with van der Waals surface area (Å²) in [5.74, 6) is 0.0632. The summed E-state index contributed by atoms with van der Waals surface area (Å²) in [5.41, 5.74) is 3.33. The normalized spacial score (nSPS) is 17.4. The topological polar surface area (TPSA) is 32.3 Å². The average Bonchev–Trinajstić information content (AvgIpc) is 2.49. The number of anilines is 2. The Balaban J connectivity index is 1.77. The molecule has 102 valence electrons. The molecule has 1 aliphatic heterocycles. The molecule has 2 aromatic rings. The molecule has 1 N–H and O–H groups in total. The molecule has 0 fully saturated rings. The molecule has 3 nitrogen and oxygen atoms in total. The fourth-order valence-electron chi connectivity index (χ4n) is 2.77. The van der Waals surface area contributed by atoms with E-state index in [2.05, 4.69) is 28.4 Å². The van der Waals surface area contributed by atoms with Crippen LogP contribution in [0.15, 0.2) is 54.6 Å². The van der Waals surface area contributed by atoms with Crippen LogP contribution in [-0.2, 0) is 11.2 Å². The van der Waals surface area contributed by atoms with Crippen molar-refractivity contribution in [3.05, 3.63) is 60.2 Å². The predicted molar refractivity (Wildman–Crippen MR) is 82.0 cm³/mol. The van der Waals surface area contributed by atoms with Crippen LogP contribution < -0.4 is 10.2 Å². The standard InChI is InChI=1S/C17H18N2O/c1-19-15-10-6-5-7-13(15)11-12-16(19)17(20)18-14-8-3-2-4-9-14/h2-10,16H,11-12H2,1H3,(H,18,20). The van der Waals surface area contributed by atoms with Gasteiger partial charge in [0, 0.05) is 18.4 Å². The average molecular weight is 266 g/mol. The first kappa shape index (κ1) is 12.7. The van der Waals surface area contributed by atoms with Crippen LogP contribution in [0, 0.1) is 0 Å². The molecule has 0 aliphatic carbocycles. The minimum absolute atomic E-state index is 0.0632. The molecule has 0 spiro atoms. The zero-order chi connectivity index (χ0) is 13.9. The molecule has 1 amide bonds. The molecule has 1 atom stereocenters. The van der Waals surface area contributed by atoms with Gasteiger partial charge in [0.2, 0.25) is 5.91 Å². The van der Waals surface area contributed by atoms with E-state index in [0.717, 1.165) is 24.2 Å². The number of nitrogens with one attached hydrogen (secondary N) is 1. The number of benzene rings is 2. The summed E-state index contributed by atoms with van der Waals surface area (Å²) < 4.78 is 0. The summed E-state index contributed by atoms with van der Waals surface area (Å²) in [6.45, 7) is 0. The van der Waals surface area contributed by atoms with Crippen LogP contribution in [0.5, 0.6) is 0 Å². The van der Waals surface area contributed by atoms with E-state index >= 15 is 0 Å². The molecular weight excluding hydrogens is 248 g/mol. The Labute approximate surface area is 119 Å². The van der Waals surface area contributed by atoms with Gasteiger partial charge in [0.25, 0.3) is 0 Å². The van der Waals surface area contributed by atoms with Crippen LogP contribution in [0.25, 0.3) is 0 Å². The van der Waals surface area contributed by atoms with E-state index in [9.17, 15) is 4.79 Å². The van der Waals surface area contributed by atoms with Crippen molar-refractivity contribution in [2.45, 2.75) is 18.9 Å². The lowest BCUT2D eigenvalue weighted by molar-refractivity contribution is -0.117. The van der Waals surface area contributed by atoms with Crippen LogP contribution >= 0.6 is 0 Å². The second-order valence-corrected chi connectivity index (χ2v) is 5.15. The highest BCUT2D eigenvalue weighted by Gasteiger charge is 2.28. The van der Waals surface area contributed by atoms with Gasteiger partial charge in [-0.15, -0.1) is 0 Å². The Bertz CT molecular complexity index is 609. The van der Waals surface area contributed by atoms with Gasteiger partial charge in [0.1, 0.15) is 6.04 Å². The van der Waals surface area contributed by atoms with Crippen molar-refractivity contribution < 1.29 is 4.79 Å². The quantitative estimate of drug-likeness (QED) is 0.906. The number of carbonyl (C=O) groups excluding carboxylic acids is 1. The van der Waals surface area contributed by atoms with E-state index in [1.54, 1.807) is 0 Å². The number of hydrogen-bond donors (Lipinski definition) is 1. The maximum absolute atomic E-state index is 12.4. The second kappa shape index (κ2) is 5.37. The molecule has 20 heavy (non-hydrogen) atoms. The van der Waals surface area contributed by atoms with Crippen molar-refractivity contribution in [3.63, 3.8) is 0 Å². The van der Waals surface area contributed by atoms with E-state index in [-0.39, 0.29) is 11.9 Å². The van der Waals surface area contributed by atoms with Crippen LogP contribution in [0.4, 0.5) is 11.4 Å². The Morgan fingerprint density at radius 3 is 2.60 bits per heavy atom. The summed E-state index contributed by atoms with van der Waals surface area (Å²) in [4.78, 5) is 14.5. The molecule has 0 bridgehead atoms. The number of fused-ring (bicyclic) bond motifs is 1. The minimum atomic E-state index is -0.106. The van der Waals surface area contributed by atoms with Crippen molar-refractivity contribution in [3.8, 4) is 0 Å². The number of para-hydroxylation sites is 2. The van der Waals surface area contributed by atoms with Crippen LogP contribution in [0.3, 0.4) is 0 Å². The number of carbonyl (C=O) groups is 1. The number of amides is 1. The first-order valence-electron chi connectivity index (χ1n) is 6.92. The monoisotopic (exact) mass is 266 g/mol. The molecule has 0 saturated heterocycles. The van der Waals surface area contributed by atoms with Gasteiger partial charge in [-0.3, -0.25) is 4.79 Å². The summed E-state index contributed by atoms with van der Waals surface area (Å²) >= 11 is 0. The third-order valence-corrected chi connectivity index (χ3v) is 3.87. The largest absolute Gasteiger partial charge is 0.362 e. The molecule has 2 aromatic carbocycles. The zero-order valence-corrected chi connectivity index (χ0v) is 11.5. The smallest absolute Gasteiger partial charge is 0.247 e. The number of hydrogen-bond acceptors (Lipinski definition) is 2. The lowest BCUT2D eigenvalue weighted by Crippen LogP contribution is -2.44. The van der Waals surface area contributed by atoms with Crippen molar-refractivity contribution >= 4 is 17.3 Å². The van der Waals surface area contributed by atoms with Gasteiger partial charge in [-0.05, 0) is 36.6 Å². The predicted octanol–water partition coefficient (Wildman–Crippen LogP) is 3.08. The molecule has 0 aromatic heterocycles. The maximum Gasteiger partial charge on any atom is 0.247 e. The molecule has 3 heteroatoms. The van der Waals surface area contributed by atoms with Gasteiger partial charge in [0.05, 0.1) is 0 Å². The Morgan fingerprint density at radius 1 is 1.10 bits per heavy atom. The van der Waals surface area contributed by atoms with Gasteiger partial charge < -0.3 is 10.2 Å². The van der Waals surface area contributed by atoms with Crippen LogP contribution in [-0.4, -0.2) is 19.0 Å². The number of aryl methyl sites for hydroxylation is 1. The minimum Gasteiger partial charge on any atom is -0.362 e. The van der Waals surface area contributed by atoms with E-state index < -0.39 is 0 Å². The first-order valence-corrected chi connectivity index (χ1v) is 6.92. The Kier molecular flexibility index (Phi) is 3.42. The van der Waals surface area contributed by atoms with E-state index in [0.29, 0.717) is 0 Å². The second-order valence-electron chi connectivity index (χ2n) is 5.15.